The fourth-order valence-corrected chi connectivity index (χ4v) is 3.18. The van der Waals surface area contributed by atoms with Gasteiger partial charge >= 0.3 is 5.97 Å². The van der Waals surface area contributed by atoms with Crippen LogP contribution in [0.15, 0.2) is 24.3 Å². The number of hydrogen-bond acceptors (Lipinski definition) is 3. The molecule has 1 aromatic carbocycles. The Morgan fingerprint density at radius 2 is 2.19 bits per heavy atom. The van der Waals surface area contributed by atoms with E-state index in [4.69, 9.17) is 0 Å². The van der Waals surface area contributed by atoms with Crippen LogP contribution in [0.1, 0.15) is 25.6 Å². The predicted octanol–water partition coefficient (Wildman–Crippen LogP) is 2.19. The Labute approximate surface area is 124 Å². The molecule has 0 spiro atoms. The number of benzene rings is 1. The number of aryl methyl sites for hydroxylation is 1. The van der Waals surface area contributed by atoms with Crippen LogP contribution in [0.5, 0.6) is 0 Å². The molecular weight excluding hydrogens is 266 g/mol. The lowest BCUT2D eigenvalue weighted by Gasteiger charge is -2.31. The number of imidazole rings is 1. The molecule has 2 aromatic rings. The fraction of sp³-hybridized carbons (Fsp3) is 0.500. The van der Waals surface area contributed by atoms with Gasteiger partial charge in [0.25, 0.3) is 0 Å². The highest BCUT2D eigenvalue weighted by Gasteiger charge is 2.51. The number of hydrogen-bond donors (Lipinski definition) is 2. The zero-order valence-corrected chi connectivity index (χ0v) is 12.5. The van der Waals surface area contributed by atoms with Crippen LogP contribution in [0, 0.1) is 12.8 Å². The first-order valence-corrected chi connectivity index (χ1v) is 7.49. The van der Waals surface area contributed by atoms with Crippen LogP contribution in [0.25, 0.3) is 11.0 Å². The van der Waals surface area contributed by atoms with Crippen molar-refractivity contribution in [1.29, 1.82) is 0 Å². The maximum absolute atomic E-state index is 12.0. The lowest BCUT2D eigenvalue weighted by Crippen LogP contribution is -2.57. The summed E-state index contributed by atoms with van der Waals surface area (Å²) in [6.45, 7) is 4.96. The lowest BCUT2D eigenvalue weighted by molar-refractivity contribution is -0.146. The van der Waals surface area contributed by atoms with E-state index in [2.05, 4.69) is 10.3 Å². The van der Waals surface area contributed by atoms with Gasteiger partial charge < -0.3 is 15.0 Å². The van der Waals surface area contributed by atoms with E-state index in [0.717, 1.165) is 29.7 Å². The van der Waals surface area contributed by atoms with Crippen molar-refractivity contribution in [2.45, 2.75) is 38.8 Å². The molecule has 1 fully saturated rings. The molecule has 5 nitrogen and oxygen atoms in total. The van der Waals surface area contributed by atoms with Gasteiger partial charge in [0.15, 0.2) is 0 Å². The molecule has 0 aliphatic heterocycles. The smallest absolute Gasteiger partial charge is 0.326 e. The molecule has 112 valence electrons. The monoisotopic (exact) mass is 287 g/mol. The summed E-state index contributed by atoms with van der Waals surface area (Å²) >= 11 is 0. The van der Waals surface area contributed by atoms with Crippen molar-refractivity contribution in [2.75, 3.05) is 6.54 Å². The van der Waals surface area contributed by atoms with Crippen molar-refractivity contribution in [3.05, 3.63) is 30.1 Å². The van der Waals surface area contributed by atoms with E-state index in [1.54, 1.807) is 0 Å². The molecule has 1 saturated carbocycles. The van der Waals surface area contributed by atoms with E-state index in [1.165, 1.54) is 0 Å². The van der Waals surface area contributed by atoms with E-state index in [9.17, 15) is 9.90 Å². The first-order chi connectivity index (χ1) is 10.1. The number of nitrogens with zero attached hydrogens (tertiary/aromatic N) is 2. The minimum Gasteiger partial charge on any atom is -0.480 e. The SMILES string of the molecule is CCNC(Cn1c(C)nc2ccccc21)(C(=O)O)C1CC1. The van der Waals surface area contributed by atoms with Gasteiger partial charge in [-0.25, -0.2) is 4.98 Å². The third kappa shape index (κ3) is 2.31. The summed E-state index contributed by atoms with van der Waals surface area (Å²) in [5, 5.41) is 13.1. The van der Waals surface area contributed by atoms with Crippen LogP contribution in [0.4, 0.5) is 0 Å². The molecule has 5 heteroatoms. The molecule has 1 aromatic heterocycles. The zero-order chi connectivity index (χ0) is 15.0. The second kappa shape index (κ2) is 5.15. The van der Waals surface area contributed by atoms with E-state index >= 15 is 0 Å². The summed E-state index contributed by atoms with van der Waals surface area (Å²) in [6, 6.07) is 7.88. The summed E-state index contributed by atoms with van der Waals surface area (Å²) in [5.74, 6) is 0.305. The first kappa shape index (κ1) is 14.1. The van der Waals surface area contributed by atoms with Gasteiger partial charge in [-0.2, -0.15) is 0 Å². The Hall–Kier alpha value is -1.88. The van der Waals surface area contributed by atoms with Crippen molar-refractivity contribution in [1.82, 2.24) is 14.9 Å². The standard InChI is InChI=1S/C16H21N3O2/c1-3-17-16(15(20)21,12-8-9-12)10-19-11(2)18-13-6-4-5-7-14(13)19/h4-7,12,17H,3,8-10H2,1-2H3,(H,20,21). The number of aromatic nitrogens is 2. The molecule has 0 radical (unpaired) electrons. The lowest BCUT2D eigenvalue weighted by atomic mass is 9.92. The number of nitrogens with one attached hydrogen (secondary N) is 1. The molecule has 1 heterocycles. The Morgan fingerprint density at radius 1 is 1.48 bits per heavy atom. The van der Waals surface area contributed by atoms with E-state index in [1.807, 2.05) is 42.7 Å². The summed E-state index contributed by atoms with van der Waals surface area (Å²) < 4.78 is 2.03. The minimum absolute atomic E-state index is 0.204. The van der Waals surface area contributed by atoms with Gasteiger partial charge in [0.05, 0.1) is 17.6 Å². The third-order valence-electron chi connectivity index (χ3n) is 4.40. The van der Waals surface area contributed by atoms with Crippen LogP contribution >= 0.6 is 0 Å². The number of carboxylic acid groups (broad SMARTS) is 1. The fourth-order valence-electron chi connectivity index (χ4n) is 3.18. The highest BCUT2D eigenvalue weighted by atomic mass is 16.4. The topological polar surface area (TPSA) is 67.2 Å². The maximum Gasteiger partial charge on any atom is 0.326 e. The van der Waals surface area contributed by atoms with Crippen molar-refractivity contribution >= 4 is 17.0 Å². The summed E-state index contributed by atoms with van der Waals surface area (Å²) in [4.78, 5) is 16.5. The van der Waals surface area contributed by atoms with Gasteiger partial charge in [-0.05, 0) is 44.4 Å². The zero-order valence-electron chi connectivity index (χ0n) is 12.5. The molecule has 3 rings (SSSR count). The molecule has 21 heavy (non-hydrogen) atoms. The molecule has 1 unspecified atom stereocenters. The van der Waals surface area contributed by atoms with Crippen molar-refractivity contribution in [3.8, 4) is 0 Å². The quantitative estimate of drug-likeness (QED) is 0.854. The summed E-state index contributed by atoms with van der Waals surface area (Å²) in [5.41, 5.74) is 1.03. The van der Waals surface area contributed by atoms with Crippen molar-refractivity contribution in [2.24, 2.45) is 5.92 Å². The van der Waals surface area contributed by atoms with Gasteiger partial charge in [0.2, 0.25) is 0 Å². The van der Waals surface area contributed by atoms with E-state index in [-0.39, 0.29) is 5.92 Å². The maximum atomic E-state index is 12.0. The van der Waals surface area contributed by atoms with Crippen LogP contribution in [-0.4, -0.2) is 32.7 Å². The second-order valence-electron chi connectivity index (χ2n) is 5.81. The van der Waals surface area contributed by atoms with Crippen LogP contribution in [0.3, 0.4) is 0 Å². The molecule has 0 bridgehead atoms. The predicted molar refractivity (Wildman–Crippen MR) is 81.2 cm³/mol. The van der Waals surface area contributed by atoms with Crippen molar-refractivity contribution in [3.63, 3.8) is 0 Å². The molecule has 1 aliphatic rings. The Bertz CT molecular complexity index is 675. The average molecular weight is 287 g/mol. The molecule has 1 aliphatic carbocycles. The van der Waals surface area contributed by atoms with Gasteiger partial charge in [-0.1, -0.05) is 19.1 Å². The number of fused-ring (bicyclic) bond motifs is 1. The van der Waals surface area contributed by atoms with Crippen molar-refractivity contribution < 1.29 is 9.90 Å². The number of likely N-dealkylation sites (N-methyl/N-ethyl adjacent to an activating group) is 1. The molecule has 0 saturated heterocycles. The van der Waals surface area contributed by atoms with Crippen LogP contribution < -0.4 is 5.32 Å². The van der Waals surface area contributed by atoms with Gasteiger partial charge in [0.1, 0.15) is 11.4 Å². The van der Waals surface area contributed by atoms with Crippen LogP contribution in [-0.2, 0) is 11.3 Å². The van der Waals surface area contributed by atoms with Gasteiger partial charge in [-0.3, -0.25) is 4.79 Å². The van der Waals surface area contributed by atoms with Gasteiger partial charge in [-0.15, -0.1) is 0 Å². The Balaban J connectivity index is 2.05. The second-order valence-corrected chi connectivity index (χ2v) is 5.81. The average Bonchev–Trinajstić information content (AvgIpc) is 3.25. The van der Waals surface area contributed by atoms with Crippen LogP contribution in [0.2, 0.25) is 0 Å². The number of carboxylic acids is 1. The molecule has 2 N–H and O–H groups in total. The molecule has 0 amide bonds. The van der Waals surface area contributed by atoms with E-state index in [0.29, 0.717) is 13.1 Å². The first-order valence-electron chi connectivity index (χ1n) is 7.49. The largest absolute Gasteiger partial charge is 0.480 e. The van der Waals surface area contributed by atoms with Gasteiger partial charge in [0, 0.05) is 0 Å². The number of para-hydroxylation sites is 2. The normalized spacial score (nSPS) is 17.8. The highest BCUT2D eigenvalue weighted by Crippen LogP contribution is 2.41. The highest BCUT2D eigenvalue weighted by molar-refractivity contribution is 5.81. The Kier molecular flexibility index (Phi) is 3.45. The summed E-state index contributed by atoms with van der Waals surface area (Å²) in [6.07, 6.45) is 1.95. The third-order valence-corrected chi connectivity index (χ3v) is 4.40. The summed E-state index contributed by atoms with van der Waals surface area (Å²) in [7, 11) is 0. The molecular formula is C16H21N3O2. The Morgan fingerprint density at radius 3 is 2.81 bits per heavy atom. The van der Waals surface area contributed by atoms with E-state index < -0.39 is 11.5 Å². The molecule has 1 atom stereocenters. The number of rotatable bonds is 6. The number of carbonyl (C=O) groups is 1. The number of aliphatic carboxylic acids is 1. The minimum atomic E-state index is -0.886.